The van der Waals surface area contributed by atoms with Crippen LogP contribution in [-0.4, -0.2) is 23.4 Å². The molecule has 0 bridgehead atoms. The van der Waals surface area contributed by atoms with Gasteiger partial charge in [0.15, 0.2) is 5.76 Å². The fourth-order valence-electron chi connectivity index (χ4n) is 10.5. The highest BCUT2D eigenvalue weighted by Crippen LogP contribution is 2.44. The molecule has 13 rings (SSSR count). The molecule has 0 fully saturated rings. The fraction of sp³-hybridized carbons (Fsp3) is 0.0702. The van der Waals surface area contributed by atoms with Crippen LogP contribution in [0.2, 0.25) is 0 Å². The molecule has 0 saturated heterocycles. The predicted octanol–water partition coefficient (Wildman–Crippen LogP) is 14.5. The number of hydrogen-bond acceptors (Lipinski definition) is 2. The number of hydrogen-bond donors (Lipinski definition) is 0. The van der Waals surface area contributed by atoms with Crippen molar-refractivity contribution in [3.63, 3.8) is 0 Å². The molecule has 0 aliphatic heterocycles. The molecule has 0 spiro atoms. The molecule has 300 valence electrons. The summed E-state index contributed by atoms with van der Waals surface area (Å²) in [6, 6.07) is 63.2. The van der Waals surface area contributed by atoms with E-state index in [0.717, 1.165) is 63.6 Å². The van der Waals surface area contributed by atoms with Gasteiger partial charge < -0.3 is 22.8 Å². The van der Waals surface area contributed by atoms with Crippen molar-refractivity contribution in [2.24, 2.45) is 0 Å². The summed E-state index contributed by atoms with van der Waals surface area (Å²) < 4.78 is 15.9. The van der Waals surface area contributed by atoms with Gasteiger partial charge >= 0.3 is 0 Å². The Bertz CT molecular complexity index is 3810. The summed E-state index contributed by atoms with van der Waals surface area (Å²) in [5.74, 6) is 0.751. The van der Waals surface area contributed by atoms with Gasteiger partial charge in [0.2, 0.25) is 0 Å². The minimum Gasteiger partial charge on any atom is -0.356 e. The van der Waals surface area contributed by atoms with Gasteiger partial charge in [-0.25, -0.2) is 0 Å². The molecule has 0 saturated carbocycles. The number of fused-ring (bicyclic) bond motifs is 10. The zero-order valence-electron chi connectivity index (χ0n) is 35.0. The van der Waals surface area contributed by atoms with E-state index in [4.69, 9.17) is 4.52 Å². The fourth-order valence-corrected chi connectivity index (χ4v) is 10.5. The highest BCUT2D eigenvalue weighted by molar-refractivity contribution is 6.20. The molecule has 0 atom stereocenters. The van der Waals surface area contributed by atoms with Crippen molar-refractivity contribution in [3.05, 3.63) is 204 Å². The van der Waals surface area contributed by atoms with E-state index >= 15 is 0 Å². The normalized spacial score (nSPS) is 12.7. The molecule has 1 aliphatic carbocycles. The standard InChI is InChI=1S/C57H41N5O/c1-36-33-40(61-51-27-15-11-23-46(51)54-56(61)44-21-9-13-25-49(44)59(54)38-17-5-3-6-18-38)29-31-42(36)48-35-53(63-58-48)43-32-30-41(34-37(43)2)62-52-28-16-12-24-47(52)55-57(62)45-22-10-14-26-50(45)60(55)39-19-7-4-8-20-39/h3-8,10-20,22-35H,9,21H2,1-2H3. The van der Waals surface area contributed by atoms with Gasteiger partial charge in [0, 0.05) is 61.7 Å². The van der Waals surface area contributed by atoms with Gasteiger partial charge in [0.1, 0.15) is 5.69 Å². The molecule has 5 aromatic heterocycles. The van der Waals surface area contributed by atoms with Crippen LogP contribution in [0.4, 0.5) is 0 Å². The van der Waals surface area contributed by atoms with Crippen LogP contribution >= 0.6 is 0 Å². The van der Waals surface area contributed by atoms with E-state index in [1.54, 1.807) is 0 Å². The first kappa shape index (κ1) is 35.6. The van der Waals surface area contributed by atoms with E-state index in [-0.39, 0.29) is 0 Å². The average molecular weight is 812 g/mol. The van der Waals surface area contributed by atoms with Crippen molar-refractivity contribution in [3.8, 4) is 45.3 Å². The number of nitrogens with zero attached hydrogens (tertiary/aromatic N) is 5. The maximum absolute atomic E-state index is 6.17. The third-order valence-corrected chi connectivity index (χ3v) is 13.2. The molecule has 0 N–H and O–H groups in total. The first-order valence-corrected chi connectivity index (χ1v) is 21.8. The molecular weight excluding hydrogens is 771 g/mol. The topological polar surface area (TPSA) is 45.8 Å². The van der Waals surface area contributed by atoms with E-state index in [9.17, 15) is 0 Å². The molecule has 12 aromatic rings. The van der Waals surface area contributed by atoms with Crippen LogP contribution in [0.15, 0.2) is 187 Å². The summed E-state index contributed by atoms with van der Waals surface area (Å²) in [7, 11) is 0. The molecule has 7 aromatic carbocycles. The monoisotopic (exact) mass is 811 g/mol. The summed E-state index contributed by atoms with van der Waals surface area (Å²) in [4.78, 5) is 0. The summed E-state index contributed by atoms with van der Waals surface area (Å²) in [6.07, 6.45) is 6.65. The molecule has 0 unspecified atom stereocenters. The van der Waals surface area contributed by atoms with E-state index in [2.05, 4.69) is 225 Å². The lowest BCUT2D eigenvalue weighted by Crippen LogP contribution is -2.02. The molecule has 63 heavy (non-hydrogen) atoms. The third-order valence-electron chi connectivity index (χ3n) is 13.2. The van der Waals surface area contributed by atoms with E-state index in [1.165, 1.54) is 71.7 Å². The Morgan fingerprint density at radius 1 is 0.444 bits per heavy atom. The van der Waals surface area contributed by atoms with E-state index < -0.39 is 0 Å². The second-order valence-corrected chi connectivity index (χ2v) is 16.8. The van der Waals surface area contributed by atoms with Crippen LogP contribution in [0.25, 0.3) is 106 Å². The number of allylic oxidation sites excluding steroid dienone is 1. The lowest BCUT2D eigenvalue weighted by molar-refractivity contribution is 0.434. The first-order valence-electron chi connectivity index (χ1n) is 21.8. The lowest BCUT2D eigenvalue weighted by Gasteiger charge is -2.14. The van der Waals surface area contributed by atoms with Crippen LogP contribution < -0.4 is 0 Å². The molecule has 1 aliphatic rings. The maximum atomic E-state index is 6.17. The molecule has 6 nitrogen and oxygen atoms in total. The van der Waals surface area contributed by atoms with Crippen molar-refractivity contribution < 1.29 is 4.52 Å². The first-order chi connectivity index (χ1) is 31.1. The second kappa shape index (κ2) is 13.7. The Balaban J connectivity index is 0.897. The molecule has 5 heterocycles. The van der Waals surface area contributed by atoms with E-state index in [1.807, 2.05) is 0 Å². The van der Waals surface area contributed by atoms with Crippen LogP contribution in [0.3, 0.4) is 0 Å². The zero-order valence-corrected chi connectivity index (χ0v) is 35.0. The minimum atomic E-state index is 0.751. The minimum absolute atomic E-state index is 0.751. The average Bonchev–Trinajstić information content (AvgIpc) is 4.15. The lowest BCUT2D eigenvalue weighted by atomic mass is 10.0. The van der Waals surface area contributed by atoms with Crippen LogP contribution in [0.1, 0.15) is 28.8 Å². The van der Waals surface area contributed by atoms with Gasteiger partial charge in [0.25, 0.3) is 0 Å². The molecule has 0 radical (unpaired) electrons. The van der Waals surface area contributed by atoms with Crippen molar-refractivity contribution in [1.29, 1.82) is 0 Å². The van der Waals surface area contributed by atoms with Crippen molar-refractivity contribution >= 4 is 60.9 Å². The Labute approximate surface area is 363 Å². The van der Waals surface area contributed by atoms with Gasteiger partial charge in [-0.3, -0.25) is 0 Å². The Kier molecular flexibility index (Phi) is 7.76. The van der Waals surface area contributed by atoms with Gasteiger partial charge in [-0.05, 0) is 117 Å². The van der Waals surface area contributed by atoms with Crippen molar-refractivity contribution in [1.82, 2.24) is 23.4 Å². The van der Waals surface area contributed by atoms with Gasteiger partial charge in [-0.2, -0.15) is 0 Å². The largest absolute Gasteiger partial charge is 0.356 e. The molecular formula is C57H41N5O. The quantitative estimate of drug-likeness (QED) is 0.168. The van der Waals surface area contributed by atoms with Gasteiger partial charge in [-0.15, -0.1) is 0 Å². The van der Waals surface area contributed by atoms with Gasteiger partial charge in [-0.1, -0.05) is 108 Å². The Hall–Kier alpha value is -8.09. The van der Waals surface area contributed by atoms with Crippen LogP contribution in [0, 0.1) is 13.8 Å². The summed E-state index contributed by atoms with van der Waals surface area (Å²) >= 11 is 0. The zero-order chi connectivity index (χ0) is 41.8. The van der Waals surface area contributed by atoms with Crippen LogP contribution in [-0.2, 0) is 6.42 Å². The highest BCUT2D eigenvalue weighted by atomic mass is 16.5. The smallest absolute Gasteiger partial charge is 0.167 e. The summed E-state index contributed by atoms with van der Waals surface area (Å²) in [5, 5.41) is 8.35. The SMILES string of the molecule is Cc1cc(-n2c3ccccc3c3c2c2c(n3-c3ccccc3)C=CCC2)ccc1-c1cc(-c2ccc(-n3c4ccccc4c4c3c3ccccc3n4-c3ccccc3)cc2C)on1. The highest BCUT2D eigenvalue weighted by Gasteiger charge is 2.27. The third kappa shape index (κ3) is 5.21. The predicted molar refractivity (Wildman–Crippen MR) is 259 cm³/mol. The Morgan fingerprint density at radius 2 is 0.921 bits per heavy atom. The van der Waals surface area contributed by atoms with Crippen molar-refractivity contribution in [2.45, 2.75) is 26.7 Å². The number of benzene rings is 7. The van der Waals surface area contributed by atoms with E-state index in [0.29, 0.717) is 0 Å². The number of aryl methyl sites for hydroxylation is 3. The summed E-state index contributed by atoms with van der Waals surface area (Å²) in [5.41, 5.74) is 20.9. The maximum Gasteiger partial charge on any atom is 0.167 e. The second-order valence-electron chi connectivity index (χ2n) is 16.8. The molecule has 0 amide bonds. The Morgan fingerprint density at radius 3 is 1.49 bits per heavy atom. The number of para-hydroxylation sites is 5. The van der Waals surface area contributed by atoms with Gasteiger partial charge in [0.05, 0.1) is 44.3 Å². The summed E-state index contributed by atoms with van der Waals surface area (Å²) in [6.45, 7) is 4.35. The number of rotatable bonds is 6. The number of aromatic nitrogens is 5. The van der Waals surface area contributed by atoms with Crippen LogP contribution in [0.5, 0.6) is 0 Å². The molecule has 6 heteroatoms. The van der Waals surface area contributed by atoms with Crippen molar-refractivity contribution in [2.75, 3.05) is 0 Å².